The predicted molar refractivity (Wildman–Crippen MR) is 87.4 cm³/mol. The van der Waals surface area contributed by atoms with Crippen molar-refractivity contribution in [3.8, 4) is 0 Å². The van der Waals surface area contributed by atoms with Crippen molar-refractivity contribution in [1.29, 1.82) is 0 Å². The van der Waals surface area contributed by atoms with E-state index in [0.29, 0.717) is 0 Å². The minimum atomic E-state index is 0.869. The number of hydrogen-bond donors (Lipinski definition) is 1. The first-order valence-electron chi connectivity index (χ1n) is 7.77. The van der Waals surface area contributed by atoms with Crippen LogP contribution in [-0.2, 0) is 13.1 Å². The number of pyridine rings is 1. The van der Waals surface area contributed by atoms with Crippen molar-refractivity contribution >= 4 is 5.69 Å². The van der Waals surface area contributed by atoms with E-state index < -0.39 is 0 Å². The normalized spacial score (nSPS) is 14.6. The highest BCUT2D eigenvalue weighted by Gasteiger charge is 2.14. The molecule has 3 nitrogen and oxygen atoms in total. The molecule has 2 heterocycles. The minimum absolute atomic E-state index is 0.869. The van der Waals surface area contributed by atoms with Gasteiger partial charge in [-0.05, 0) is 48.6 Å². The zero-order valence-corrected chi connectivity index (χ0v) is 12.7. The summed E-state index contributed by atoms with van der Waals surface area (Å²) in [4.78, 5) is 6.71. The lowest BCUT2D eigenvalue weighted by Crippen LogP contribution is -2.21. The molecule has 110 valence electrons. The fourth-order valence-corrected chi connectivity index (χ4v) is 2.94. The van der Waals surface area contributed by atoms with E-state index in [9.17, 15) is 0 Å². The van der Waals surface area contributed by atoms with Crippen LogP contribution in [0.2, 0.25) is 0 Å². The molecule has 0 atom stereocenters. The van der Waals surface area contributed by atoms with Crippen LogP contribution in [0.3, 0.4) is 0 Å². The second kappa shape index (κ2) is 6.72. The number of anilines is 1. The number of nitrogens with zero attached hydrogens (tertiary/aromatic N) is 2. The SMILES string of the molecule is Cc1ccncc1CNCc1ccccc1N1CCCC1. The van der Waals surface area contributed by atoms with Crippen LogP contribution in [-0.4, -0.2) is 18.1 Å². The Hall–Kier alpha value is -1.87. The predicted octanol–water partition coefficient (Wildman–Crippen LogP) is 3.28. The Morgan fingerprint density at radius 3 is 2.62 bits per heavy atom. The lowest BCUT2D eigenvalue weighted by Gasteiger charge is -2.21. The summed E-state index contributed by atoms with van der Waals surface area (Å²) in [6, 6.07) is 10.8. The Balaban J connectivity index is 1.64. The van der Waals surface area contributed by atoms with Gasteiger partial charge >= 0.3 is 0 Å². The van der Waals surface area contributed by atoms with E-state index >= 15 is 0 Å². The number of benzene rings is 1. The summed E-state index contributed by atoms with van der Waals surface area (Å²) in [5.74, 6) is 0. The topological polar surface area (TPSA) is 28.2 Å². The van der Waals surface area contributed by atoms with Crippen molar-refractivity contribution in [3.05, 3.63) is 59.4 Å². The molecule has 0 unspecified atom stereocenters. The van der Waals surface area contributed by atoms with E-state index in [-0.39, 0.29) is 0 Å². The monoisotopic (exact) mass is 281 g/mol. The molecule has 0 saturated carbocycles. The van der Waals surface area contributed by atoms with E-state index in [1.54, 1.807) is 0 Å². The molecule has 1 aliphatic rings. The molecule has 21 heavy (non-hydrogen) atoms. The standard InChI is InChI=1S/C18H23N3/c1-15-8-9-19-13-17(15)14-20-12-16-6-2-3-7-18(16)21-10-4-5-11-21/h2-3,6-9,13,20H,4-5,10-12,14H2,1H3. The molecule has 1 N–H and O–H groups in total. The lowest BCUT2D eigenvalue weighted by atomic mass is 10.1. The molecule has 1 aromatic heterocycles. The molecule has 0 spiro atoms. The van der Waals surface area contributed by atoms with Gasteiger partial charge < -0.3 is 10.2 Å². The highest BCUT2D eigenvalue weighted by atomic mass is 15.1. The van der Waals surface area contributed by atoms with Gasteiger partial charge in [-0.1, -0.05) is 18.2 Å². The molecule has 3 heteroatoms. The van der Waals surface area contributed by atoms with Gasteiger partial charge in [0.05, 0.1) is 0 Å². The van der Waals surface area contributed by atoms with Crippen LogP contribution in [0.25, 0.3) is 0 Å². The fourth-order valence-electron chi connectivity index (χ4n) is 2.94. The largest absolute Gasteiger partial charge is 0.371 e. The van der Waals surface area contributed by atoms with Crippen molar-refractivity contribution < 1.29 is 0 Å². The van der Waals surface area contributed by atoms with Gasteiger partial charge in [0.25, 0.3) is 0 Å². The van der Waals surface area contributed by atoms with Crippen LogP contribution in [0.1, 0.15) is 29.5 Å². The molecular formula is C18H23N3. The number of rotatable bonds is 5. The van der Waals surface area contributed by atoms with Crippen LogP contribution in [0, 0.1) is 6.92 Å². The van der Waals surface area contributed by atoms with Gasteiger partial charge in [0.15, 0.2) is 0 Å². The molecule has 1 fully saturated rings. The molecule has 0 radical (unpaired) electrons. The summed E-state index contributed by atoms with van der Waals surface area (Å²) in [7, 11) is 0. The molecule has 2 aromatic rings. The third kappa shape index (κ3) is 3.42. The van der Waals surface area contributed by atoms with Gasteiger partial charge in [0.1, 0.15) is 0 Å². The van der Waals surface area contributed by atoms with E-state index in [1.807, 2.05) is 12.4 Å². The maximum Gasteiger partial charge on any atom is 0.0411 e. The molecule has 0 aliphatic carbocycles. The van der Waals surface area contributed by atoms with Crippen molar-refractivity contribution in [3.63, 3.8) is 0 Å². The molecule has 1 aromatic carbocycles. The Kier molecular flexibility index (Phi) is 4.51. The van der Waals surface area contributed by atoms with Gasteiger partial charge in [0, 0.05) is 44.3 Å². The maximum atomic E-state index is 4.20. The van der Waals surface area contributed by atoms with Crippen LogP contribution >= 0.6 is 0 Å². The number of hydrogen-bond acceptors (Lipinski definition) is 3. The van der Waals surface area contributed by atoms with Crippen LogP contribution < -0.4 is 10.2 Å². The maximum absolute atomic E-state index is 4.20. The van der Waals surface area contributed by atoms with E-state index in [4.69, 9.17) is 0 Å². The molecular weight excluding hydrogens is 258 g/mol. The second-order valence-electron chi connectivity index (χ2n) is 5.73. The summed E-state index contributed by atoms with van der Waals surface area (Å²) >= 11 is 0. The number of aryl methyl sites for hydroxylation is 1. The molecule has 3 rings (SSSR count). The lowest BCUT2D eigenvalue weighted by molar-refractivity contribution is 0.686. The van der Waals surface area contributed by atoms with Gasteiger partial charge in [-0.25, -0.2) is 0 Å². The summed E-state index contributed by atoms with van der Waals surface area (Å²) < 4.78 is 0. The third-order valence-electron chi connectivity index (χ3n) is 4.22. The van der Waals surface area contributed by atoms with E-state index in [1.165, 1.54) is 48.3 Å². The van der Waals surface area contributed by atoms with Gasteiger partial charge in [0.2, 0.25) is 0 Å². The quantitative estimate of drug-likeness (QED) is 0.911. The molecule has 1 saturated heterocycles. The van der Waals surface area contributed by atoms with E-state index in [0.717, 1.165) is 13.1 Å². The molecule has 0 bridgehead atoms. The fraction of sp³-hybridized carbons (Fsp3) is 0.389. The van der Waals surface area contributed by atoms with Crippen LogP contribution in [0.5, 0.6) is 0 Å². The number of nitrogens with one attached hydrogen (secondary N) is 1. The average molecular weight is 281 g/mol. The first-order chi connectivity index (χ1) is 10.3. The molecule has 0 amide bonds. The first-order valence-corrected chi connectivity index (χ1v) is 7.77. The van der Waals surface area contributed by atoms with Gasteiger partial charge in [-0.3, -0.25) is 4.98 Å². The minimum Gasteiger partial charge on any atom is -0.371 e. The first kappa shape index (κ1) is 14.1. The highest BCUT2D eigenvalue weighted by molar-refractivity contribution is 5.54. The van der Waals surface area contributed by atoms with Crippen molar-refractivity contribution in [2.45, 2.75) is 32.9 Å². The highest BCUT2D eigenvalue weighted by Crippen LogP contribution is 2.24. The summed E-state index contributed by atoms with van der Waals surface area (Å²) in [6.07, 6.45) is 6.43. The zero-order valence-electron chi connectivity index (χ0n) is 12.7. The van der Waals surface area contributed by atoms with Gasteiger partial charge in [-0.15, -0.1) is 0 Å². The summed E-state index contributed by atoms with van der Waals surface area (Å²) in [6.45, 7) is 6.29. The van der Waals surface area contributed by atoms with Crippen molar-refractivity contribution in [2.75, 3.05) is 18.0 Å². The van der Waals surface area contributed by atoms with Crippen molar-refractivity contribution in [2.24, 2.45) is 0 Å². The van der Waals surface area contributed by atoms with Gasteiger partial charge in [-0.2, -0.15) is 0 Å². The Bertz CT molecular complexity index is 589. The number of aromatic nitrogens is 1. The second-order valence-corrected chi connectivity index (χ2v) is 5.73. The average Bonchev–Trinajstić information content (AvgIpc) is 3.04. The Labute approximate surface area is 127 Å². The van der Waals surface area contributed by atoms with Crippen molar-refractivity contribution in [1.82, 2.24) is 10.3 Å². The summed E-state index contributed by atoms with van der Waals surface area (Å²) in [5, 5.41) is 3.56. The Morgan fingerprint density at radius 2 is 1.81 bits per heavy atom. The number of para-hydroxylation sites is 1. The zero-order chi connectivity index (χ0) is 14.5. The molecule has 1 aliphatic heterocycles. The van der Waals surface area contributed by atoms with E-state index in [2.05, 4.69) is 52.5 Å². The van der Waals surface area contributed by atoms with Crippen LogP contribution in [0.4, 0.5) is 5.69 Å². The smallest absolute Gasteiger partial charge is 0.0411 e. The van der Waals surface area contributed by atoms with Crippen LogP contribution in [0.15, 0.2) is 42.7 Å². The summed E-state index contributed by atoms with van der Waals surface area (Å²) in [5.41, 5.74) is 5.35. The Morgan fingerprint density at radius 1 is 1.05 bits per heavy atom. The third-order valence-corrected chi connectivity index (χ3v) is 4.22.